The molecule has 0 heterocycles. The maximum atomic E-state index is 13.1. The van der Waals surface area contributed by atoms with Crippen molar-refractivity contribution in [2.24, 2.45) is 5.11 Å². The van der Waals surface area contributed by atoms with Crippen molar-refractivity contribution in [3.63, 3.8) is 0 Å². The summed E-state index contributed by atoms with van der Waals surface area (Å²) in [6.07, 6.45) is 0. The number of nitrogens with zero attached hydrogens (tertiary/aromatic N) is 3. The van der Waals surface area contributed by atoms with Gasteiger partial charge in [0.2, 0.25) is 0 Å². The molecule has 3 aromatic carbocycles. The second kappa shape index (κ2) is 15.9. The first-order chi connectivity index (χ1) is 21.9. The fourth-order valence-electron chi connectivity index (χ4n) is 3.53. The zero-order valence-corrected chi connectivity index (χ0v) is 26.5. The van der Waals surface area contributed by atoms with Gasteiger partial charge in [0.1, 0.15) is 0 Å². The average Bonchev–Trinajstić information content (AvgIpc) is 3.07. The maximum absolute atomic E-state index is 13.1. The number of phosphoric ester groups is 2. The normalized spacial score (nSPS) is 11.1. The van der Waals surface area contributed by atoms with Gasteiger partial charge in [0.15, 0.2) is 0 Å². The highest BCUT2D eigenvalue weighted by Crippen LogP contribution is 2.49. The Kier molecular flexibility index (Phi) is 12.3. The molecule has 0 atom stereocenters. The first kappa shape index (κ1) is 35.6. The molecule has 0 aliphatic rings. The van der Waals surface area contributed by atoms with E-state index in [1.807, 2.05) is 0 Å². The van der Waals surface area contributed by atoms with E-state index >= 15 is 0 Å². The number of phosphoric acid groups is 2. The largest absolute Gasteiger partial charge is 0.531 e. The van der Waals surface area contributed by atoms with E-state index < -0.39 is 50.5 Å². The lowest BCUT2D eigenvalue weighted by Gasteiger charge is -2.16. The van der Waals surface area contributed by atoms with E-state index in [4.69, 9.17) is 14.6 Å². The Morgan fingerprint density at radius 1 is 0.652 bits per heavy atom. The summed E-state index contributed by atoms with van der Waals surface area (Å²) < 4.78 is 52.6. The minimum atomic E-state index is -4.30. The molecule has 19 heteroatoms. The molecule has 242 valence electrons. The van der Waals surface area contributed by atoms with Crippen molar-refractivity contribution < 1.29 is 55.5 Å². The summed E-state index contributed by atoms with van der Waals surface area (Å²) in [6.45, 7) is 0.148. The van der Waals surface area contributed by atoms with Crippen molar-refractivity contribution in [2.45, 2.75) is 6.54 Å². The molecule has 2 N–H and O–H groups in total. The Morgan fingerprint density at radius 3 is 1.48 bits per heavy atom. The van der Waals surface area contributed by atoms with Crippen molar-refractivity contribution >= 4 is 50.8 Å². The lowest BCUT2D eigenvalue weighted by atomic mass is 10.1. The number of nitrogens with one attached hydrogen (secondary N) is 2. The zero-order valence-electron chi connectivity index (χ0n) is 24.7. The Hall–Kier alpha value is -4.85. The number of hydrogen-bond acceptors (Lipinski definition) is 13. The van der Waals surface area contributed by atoms with Crippen LogP contribution in [0.1, 0.15) is 47.0 Å². The van der Waals surface area contributed by atoms with Crippen molar-refractivity contribution in [2.75, 3.05) is 39.1 Å². The van der Waals surface area contributed by atoms with Gasteiger partial charge in [-0.25, -0.2) is 18.7 Å². The summed E-state index contributed by atoms with van der Waals surface area (Å²) in [5, 5.41) is 8.65. The molecule has 0 spiro atoms. The van der Waals surface area contributed by atoms with Crippen LogP contribution in [0.5, 0.6) is 0 Å². The highest BCUT2D eigenvalue weighted by molar-refractivity contribution is 7.49. The summed E-state index contributed by atoms with van der Waals surface area (Å²) in [7, 11) is -4.68. The van der Waals surface area contributed by atoms with Crippen molar-refractivity contribution in [3.8, 4) is 0 Å². The van der Waals surface area contributed by atoms with Gasteiger partial charge < -0.3 is 19.7 Å². The van der Waals surface area contributed by atoms with Crippen LogP contribution in [-0.2, 0) is 42.8 Å². The van der Waals surface area contributed by atoms with Crippen molar-refractivity contribution in [1.29, 1.82) is 0 Å². The third-order valence-corrected chi connectivity index (χ3v) is 8.45. The van der Waals surface area contributed by atoms with Crippen LogP contribution >= 0.6 is 15.6 Å². The summed E-state index contributed by atoms with van der Waals surface area (Å²) in [5.41, 5.74) is 9.07. The summed E-state index contributed by atoms with van der Waals surface area (Å²) in [4.78, 5) is 53.9. The first-order valence-corrected chi connectivity index (χ1v) is 15.7. The number of carbonyl (C=O) groups is 4. The molecule has 46 heavy (non-hydrogen) atoms. The first-order valence-electron chi connectivity index (χ1n) is 12.8. The second-order valence-electron chi connectivity index (χ2n) is 8.75. The number of amides is 2. The Bertz CT molecular complexity index is 1690. The lowest BCUT2D eigenvalue weighted by Crippen LogP contribution is -2.15. The van der Waals surface area contributed by atoms with E-state index in [-0.39, 0.29) is 17.8 Å². The van der Waals surface area contributed by atoms with E-state index in [0.717, 1.165) is 52.2 Å². The predicted molar refractivity (Wildman–Crippen MR) is 162 cm³/mol. The molecule has 0 aromatic heterocycles. The van der Waals surface area contributed by atoms with Crippen LogP contribution in [0.3, 0.4) is 0 Å². The van der Waals surface area contributed by atoms with E-state index in [1.54, 1.807) is 24.3 Å². The molecule has 0 aliphatic heterocycles. The third-order valence-electron chi connectivity index (χ3n) is 5.88. The minimum Gasteiger partial charge on any atom is -0.367 e. The number of carbonyl (C=O) groups excluding carboxylic acids is 4. The van der Waals surface area contributed by atoms with Crippen LogP contribution in [0.4, 0.5) is 11.4 Å². The Labute approximate surface area is 261 Å². The highest BCUT2D eigenvalue weighted by Gasteiger charge is 2.31. The highest BCUT2D eigenvalue weighted by atomic mass is 31.2. The number of azide groups is 1. The minimum absolute atomic E-state index is 0.115. The molecule has 3 aromatic rings. The molecule has 0 fully saturated rings. The van der Waals surface area contributed by atoms with Crippen LogP contribution in [0.15, 0.2) is 71.8 Å². The van der Waals surface area contributed by atoms with Crippen LogP contribution in [0.25, 0.3) is 10.4 Å². The van der Waals surface area contributed by atoms with Crippen molar-refractivity contribution in [1.82, 2.24) is 0 Å². The van der Waals surface area contributed by atoms with Crippen LogP contribution in [0.2, 0.25) is 0 Å². The molecular weight excluding hydrogens is 648 g/mol. The fraction of sp³-hybridized carbons (Fsp3) is 0.185. The standard InChI is InChI=1S/C27H27N5O12P2/c1-39-45(37,40-2)43-26(35)20-13-21(27(36)44-46(38,41-3)42-4)15-23(14-20)31-25(34)19-9-11-22(12-10-19)30-24(33)18-7-5-17(6-8-18)16-29-32-28/h5-15H,16H2,1-4H3,(H,30,33)(H,31,34). The van der Waals surface area contributed by atoms with Gasteiger partial charge >= 0.3 is 27.6 Å². The summed E-state index contributed by atoms with van der Waals surface area (Å²) in [5.74, 6) is -3.64. The predicted octanol–water partition coefficient (Wildman–Crippen LogP) is 6.12. The van der Waals surface area contributed by atoms with Gasteiger partial charge in [-0.05, 0) is 65.7 Å². The summed E-state index contributed by atoms with van der Waals surface area (Å²) in [6, 6.07) is 15.4. The number of benzene rings is 3. The molecule has 3 rings (SSSR count). The van der Waals surface area contributed by atoms with Crippen LogP contribution in [-0.4, -0.2) is 52.2 Å². The molecule has 0 aliphatic carbocycles. The van der Waals surface area contributed by atoms with Gasteiger partial charge in [-0.1, -0.05) is 17.2 Å². The molecule has 0 saturated carbocycles. The molecule has 2 amide bonds. The van der Waals surface area contributed by atoms with E-state index in [9.17, 15) is 28.3 Å². The molecule has 0 bridgehead atoms. The van der Waals surface area contributed by atoms with E-state index in [0.29, 0.717) is 11.3 Å². The fourth-order valence-corrected chi connectivity index (χ4v) is 4.74. The quantitative estimate of drug-likeness (QED) is 0.0852. The lowest BCUT2D eigenvalue weighted by molar-refractivity contribution is 0.0636. The van der Waals surface area contributed by atoms with Gasteiger partial charge in [-0.15, -0.1) is 0 Å². The van der Waals surface area contributed by atoms with E-state index in [1.165, 1.54) is 24.3 Å². The van der Waals surface area contributed by atoms with Gasteiger partial charge in [-0.3, -0.25) is 27.7 Å². The Morgan fingerprint density at radius 2 is 1.07 bits per heavy atom. The number of anilines is 2. The van der Waals surface area contributed by atoms with Gasteiger partial charge in [-0.2, -0.15) is 0 Å². The third kappa shape index (κ3) is 9.57. The van der Waals surface area contributed by atoms with Gasteiger partial charge in [0, 0.05) is 55.9 Å². The molecular formula is C27H27N5O12P2. The second-order valence-corrected chi connectivity index (χ2v) is 12.4. The Balaban J connectivity index is 1.81. The molecule has 0 unspecified atom stereocenters. The topological polar surface area (TPSA) is 231 Å². The van der Waals surface area contributed by atoms with Gasteiger partial charge in [0.25, 0.3) is 11.8 Å². The SMILES string of the molecule is COP(=O)(OC)OC(=O)c1cc(NC(=O)c2ccc(NC(=O)c3ccc(CN=[N+]=[N-])cc3)cc2)cc(C(=O)OP(=O)(OC)OC)c1. The molecule has 0 saturated heterocycles. The zero-order chi connectivity index (χ0) is 33.9. The number of rotatable bonds is 14. The van der Waals surface area contributed by atoms with E-state index in [2.05, 4.69) is 38.8 Å². The smallest absolute Gasteiger partial charge is 0.367 e. The number of hydrogen-bond donors (Lipinski definition) is 2. The molecule has 17 nitrogen and oxygen atoms in total. The average molecular weight is 675 g/mol. The van der Waals surface area contributed by atoms with Crippen LogP contribution < -0.4 is 10.6 Å². The monoisotopic (exact) mass is 675 g/mol. The summed E-state index contributed by atoms with van der Waals surface area (Å²) >= 11 is 0. The van der Waals surface area contributed by atoms with Crippen molar-refractivity contribution in [3.05, 3.63) is 105 Å². The van der Waals surface area contributed by atoms with Gasteiger partial charge in [0.05, 0.1) is 17.7 Å². The maximum Gasteiger partial charge on any atom is 0.531 e. The molecule has 0 radical (unpaired) electrons. The van der Waals surface area contributed by atoms with Crippen LogP contribution in [0, 0.1) is 0 Å².